The molecule has 0 aliphatic heterocycles. The number of nitrogens with one attached hydrogen (secondary N) is 2. The zero-order valence-corrected chi connectivity index (χ0v) is 12.9. The van der Waals surface area contributed by atoms with Crippen molar-refractivity contribution >= 4 is 47.1 Å². The van der Waals surface area contributed by atoms with Gasteiger partial charge in [-0.3, -0.25) is 24.8 Å². The van der Waals surface area contributed by atoms with E-state index in [0.29, 0.717) is 0 Å². The lowest BCUT2D eigenvalue weighted by atomic mass is 10.5. The molecule has 22 heavy (non-hydrogen) atoms. The molecule has 0 amide bonds. The van der Waals surface area contributed by atoms with Crippen molar-refractivity contribution in [2.75, 3.05) is 0 Å². The first kappa shape index (κ1) is 17.5. The van der Waals surface area contributed by atoms with Gasteiger partial charge in [0.25, 0.3) is 5.56 Å². The molecular formula is C10H14N8O2S2. The molecule has 6 N–H and O–H groups in total. The number of hydrazone groups is 2. The van der Waals surface area contributed by atoms with Crippen LogP contribution in [0.5, 0.6) is 0 Å². The number of nitrogens with zero attached hydrogens (tertiary/aromatic N) is 4. The van der Waals surface area contributed by atoms with Gasteiger partial charge in [-0.2, -0.15) is 10.2 Å². The molecule has 0 radical (unpaired) electrons. The molecule has 1 aromatic rings. The van der Waals surface area contributed by atoms with E-state index in [2.05, 4.69) is 45.5 Å². The number of thiocarbonyl (C=S) groups is 2. The molecular weight excluding hydrogens is 328 g/mol. The summed E-state index contributed by atoms with van der Waals surface area (Å²) in [4.78, 5) is 23.8. The Balaban J connectivity index is 2.84. The van der Waals surface area contributed by atoms with Crippen molar-refractivity contribution in [1.29, 1.82) is 0 Å². The lowest BCUT2D eigenvalue weighted by Crippen LogP contribution is -2.39. The summed E-state index contributed by atoms with van der Waals surface area (Å²) in [6.07, 6.45) is 4.05. The molecule has 0 unspecified atom stereocenters. The lowest BCUT2D eigenvalue weighted by molar-refractivity contribution is 0.649. The van der Waals surface area contributed by atoms with Crippen LogP contribution in [-0.2, 0) is 13.1 Å². The van der Waals surface area contributed by atoms with Gasteiger partial charge in [0.15, 0.2) is 10.2 Å². The Morgan fingerprint density at radius 2 is 1.68 bits per heavy atom. The van der Waals surface area contributed by atoms with E-state index in [9.17, 15) is 9.59 Å². The van der Waals surface area contributed by atoms with Gasteiger partial charge in [-0.25, -0.2) is 4.79 Å². The molecule has 10 nitrogen and oxygen atoms in total. The molecule has 0 atom stereocenters. The molecule has 0 aromatic carbocycles. The summed E-state index contributed by atoms with van der Waals surface area (Å²) in [7, 11) is 0. The molecule has 1 heterocycles. The van der Waals surface area contributed by atoms with Crippen LogP contribution in [0.4, 0.5) is 0 Å². The SMILES string of the molecule is NC(=S)N/N=C\Cn1ccc(=O)n(C/C=N\NC(N)=S)c1=O. The second kappa shape index (κ2) is 8.63. The Kier molecular flexibility index (Phi) is 6.85. The van der Waals surface area contributed by atoms with Crippen molar-refractivity contribution in [3.05, 3.63) is 33.1 Å². The average Bonchev–Trinajstić information content (AvgIpc) is 2.44. The van der Waals surface area contributed by atoms with Crippen molar-refractivity contribution in [3.63, 3.8) is 0 Å². The third kappa shape index (κ3) is 5.80. The molecule has 118 valence electrons. The molecule has 1 aromatic heterocycles. The number of rotatable bonds is 6. The van der Waals surface area contributed by atoms with E-state index < -0.39 is 11.2 Å². The van der Waals surface area contributed by atoms with Crippen LogP contribution in [-0.4, -0.2) is 31.8 Å². The highest BCUT2D eigenvalue weighted by atomic mass is 32.1. The molecule has 0 aliphatic carbocycles. The summed E-state index contributed by atoms with van der Waals surface area (Å²) in [5, 5.41) is 7.35. The van der Waals surface area contributed by atoms with E-state index in [1.165, 1.54) is 29.3 Å². The first-order valence-corrected chi connectivity index (χ1v) is 6.67. The average molecular weight is 342 g/mol. The third-order valence-corrected chi connectivity index (χ3v) is 2.40. The van der Waals surface area contributed by atoms with Crippen LogP contribution in [0.2, 0.25) is 0 Å². The van der Waals surface area contributed by atoms with Gasteiger partial charge in [-0.1, -0.05) is 0 Å². The fourth-order valence-corrected chi connectivity index (χ4v) is 1.44. The fourth-order valence-electron chi connectivity index (χ4n) is 1.33. The molecule has 0 bridgehead atoms. The quantitative estimate of drug-likeness (QED) is 0.255. The Morgan fingerprint density at radius 1 is 1.14 bits per heavy atom. The third-order valence-electron chi connectivity index (χ3n) is 2.21. The minimum Gasteiger partial charge on any atom is -0.375 e. The molecule has 0 aliphatic rings. The second-order valence-electron chi connectivity index (χ2n) is 3.77. The summed E-state index contributed by atoms with van der Waals surface area (Å²) in [6, 6.07) is 1.26. The number of hydrogen-bond donors (Lipinski definition) is 4. The van der Waals surface area contributed by atoms with Gasteiger partial charge in [-0.15, -0.1) is 0 Å². The normalized spacial score (nSPS) is 10.9. The van der Waals surface area contributed by atoms with Gasteiger partial charge in [0.2, 0.25) is 0 Å². The number of aromatic nitrogens is 2. The fraction of sp³-hybridized carbons (Fsp3) is 0.200. The Hall–Kier alpha value is -2.60. The molecule has 0 spiro atoms. The summed E-state index contributed by atoms with van der Waals surface area (Å²) in [5.74, 6) is 0. The van der Waals surface area contributed by atoms with Crippen molar-refractivity contribution < 1.29 is 0 Å². The first-order valence-electron chi connectivity index (χ1n) is 5.86. The number of nitrogens with two attached hydrogens (primary N) is 2. The molecule has 0 fully saturated rings. The molecule has 12 heteroatoms. The van der Waals surface area contributed by atoms with E-state index >= 15 is 0 Å². The highest BCUT2D eigenvalue weighted by Crippen LogP contribution is 1.78. The Labute approximate surface area is 135 Å². The van der Waals surface area contributed by atoms with Crippen LogP contribution in [0, 0.1) is 0 Å². The van der Waals surface area contributed by atoms with Crippen molar-refractivity contribution in [1.82, 2.24) is 20.0 Å². The second-order valence-corrected chi connectivity index (χ2v) is 4.65. The van der Waals surface area contributed by atoms with E-state index in [1.807, 2.05) is 0 Å². The van der Waals surface area contributed by atoms with E-state index in [0.717, 1.165) is 4.57 Å². The van der Waals surface area contributed by atoms with Crippen LogP contribution < -0.4 is 33.6 Å². The Morgan fingerprint density at radius 3 is 2.23 bits per heavy atom. The van der Waals surface area contributed by atoms with Gasteiger partial charge in [0, 0.05) is 24.7 Å². The highest BCUT2D eigenvalue weighted by Gasteiger charge is 2.03. The van der Waals surface area contributed by atoms with E-state index in [1.54, 1.807) is 0 Å². The maximum Gasteiger partial charge on any atom is 0.331 e. The molecule has 1 rings (SSSR count). The predicted molar refractivity (Wildman–Crippen MR) is 91.8 cm³/mol. The highest BCUT2D eigenvalue weighted by molar-refractivity contribution is 7.80. The summed E-state index contributed by atoms with van der Waals surface area (Å²) in [5.41, 5.74) is 14.1. The standard InChI is InChI=1S/C10H14N8O2S2/c11-8(21)15-13-2-5-17-4-1-7(19)18(10(17)20)6-3-14-16-9(12)22/h1-4H,5-6H2,(H3,11,15,21)(H3,12,16,22)/b13-2-,14-3-. The summed E-state index contributed by atoms with van der Waals surface area (Å²) < 4.78 is 2.26. The largest absolute Gasteiger partial charge is 0.375 e. The van der Waals surface area contributed by atoms with Gasteiger partial charge in [0.1, 0.15) is 0 Å². The van der Waals surface area contributed by atoms with Crippen molar-refractivity contribution in [2.24, 2.45) is 21.7 Å². The molecule has 0 saturated carbocycles. The van der Waals surface area contributed by atoms with Crippen molar-refractivity contribution in [2.45, 2.75) is 13.1 Å². The van der Waals surface area contributed by atoms with Crippen molar-refractivity contribution in [3.8, 4) is 0 Å². The first-order chi connectivity index (χ1) is 10.4. The lowest BCUT2D eigenvalue weighted by Gasteiger charge is -2.05. The minimum atomic E-state index is -0.518. The summed E-state index contributed by atoms with van der Waals surface area (Å²) >= 11 is 9.12. The van der Waals surface area contributed by atoms with Crippen LogP contribution in [0.1, 0.15) is 0 Å². The zero-order valence-electron chi connectivity index (χ0n) is 11.3. The van der Waals surface area contributed by atoms with Gasteiger partial charge in [0.05, 0.1) is 13.1 Å². The maximum absolute atomic E-state index is 12.1. The van der Waals surface area contributed by atoms with Gasteiger partial charge in [-0.05, 0) is 24.4 Å². The predicted octanol–water partition coefficient (Wildman–Crippen LogP) is -2.35. The van der Waals surface area contributed by atoms with Crippen LogP contribution in [0.25, 0.3) is 0 Å². The van der Waals surface area contributed by atoms with Crippen LogP contribution in [0.15, 0.2) is 32.1 Å². The topological polar surface area (TPSA) is 145 Å². The van der Waals surface area contributed by atoms with E-state index in [-0.39, 0.29) is 23.3 Å². The van der Waals surface area contributed by atoms with E-state index in [4.69, 9.17) is 11.5 Å². The van der Waals surface area contributed by atoms with Gasteiger partial charge < -0.3 is 11.5 Å². The summed E-state index contributed by atoms with van der Waals surface area (Å²) in [6.45, 7) is 0.105. The zero-order chi connectivity index (χ0) is 16.5. The smallest absolute Gasteiger partial charge is 0.331 e. The minimum absolute atomic E-state index is 0.00935. The number of hydrogen-bond acceptors (Lipinski definition) is 6. The monoisotopic (exact) mass is 342 g/mol. The molecule has 0 saturated heterocycles. The van der Waals surface area contributed by atoms with Crippen LogP contribution in [0.3, 0.4) is 0 Å². The Bertz CT molecular complexity index is 720. The van der Waals surface area contributed by atoms with Crippen LogP contribution >= 0.6 is 24.4 Å². The maximum atomic E-state index is 12.1. The van der Waals surface area contributed by atoms with Gasteiger partial charge >= 0.3 is 5.69 Å².